The Balaban J connectivity index is 2.78. The van der Waals surface area contributed by atoms with E-state index >= 15 is 0 Å². The van der Waals surface area contributed by atoms with Crippen LogP contribution in [0.3, 0.4) is 0 Å². The molecule has 102 valence electrons. The van der Waals surface area contributed by atoms with Gasteiger partial charge < -0.3 is 20.9 Å². The Morgan fingerprint density at radius 2 is 2.22 bits per heavy atom. The molecule has 1 rings (SSSR count). The molecule has 0 bridgehead atoms. The van der Waals surface area contributed by atoms with E-state index in [1.165, 1.54) is 0 Å². The number of rotatable bonds is 7. The molecule has 4 N–H and O–H groups in total. The van der Waals surface area contributed by atoms with Gasteiger partial charge in [-0.2, -0.15) is 0 Å². The van der Waals surface area contributed by atoms with Gasteiger partial charge in [0, 0.05) is 25.2 Å². The molecular formula is C13H21ClN2O2. The summed E-state index contributed by atoms with van der Waals surface area (Å²) in [6.45, 7) is 2.65. The lowest BCUT2D eigenvalue weighted by Crippen LogP contribution is -2.35. The Kier molecular flexibility index (Phi) is 6.43. The smallest absolute Gasteiger partial charge is 0.137 e. The van der Waals surface area contributed by atoms with E-state index in [1.807, 2.05) is 25.1 Å². The zero-order chi connectivity index (χ0) is 13.5. The predicted molar refractivity (Wildman–Crippen MR) is 74.1 cm³/mol. The van der Waals surface area contributed by atoms with Crippen molar-refractivity contribution in [1.82, 2.24) is 5.32 Å². The van der Waals surface area contributed by atoms with Crippen LogP contribution in [0.2, 0.25) is 5.02 Å². The van der Waals surface area contributed by atoms with Crippen LogP contribution in [0.25, 0.3) is 0 Å². The molecule has 0 heterocycles. The summed E-state index contributed by atoms with van der Waals surface area (Å²) in [4.78, 5) is 0. The first kappa shape index (κ1) is 15.2. The lowest BCUT2D eigenvalue weighted by atomic mass is 10.1. The number of ether oxygens (including phenoxy) is 1. The molecule has 4 nitrogen and oxygen atoms in total. The molecule has 0 fully saturated rings. The van der Waals surface area contributed by atoms with Gasteiger partial charge in [-0.15, -0.1) is 0 Å². The van der Waals surface area contributed by atoms with Gasteiger partial charge in [-0.3, -0.25) is 0 Å². The molecule has 1 aromatic carbocycles. The summed E-state index contributed by atoms with van der Waals surface area (Å²) in [5, 5.41) is 12.8. The molecule has 0 saturated carbocycles. The molecule has 0 aliphatic rings. The highest BCUT2D eigenvalue weighted by atomic mass is 35.5. The maximum absolute atomic E-state index is 8.90. The van der Waals surface area contributed by atoms with E-state index in [2.05, 4.69) is 5.32 Å². The fraction of sp³-hybridized carbons (Fsp3) is 0.538. The summed E-state index contributed by atoms with van der Waals surface area (Å²) in [6, 6.07) is 5.86. The molecule has 18 heavy (non-hydrogen) atoms. The highest BCUT2D eigenvalue weighted by Gasteiger charge is 2.14. The Morgan fingerprint density at radius 3 is 2.72 bits per heavy atom. The summed E-state index contributed by atoms with van der Waals surface area (Å²) in [6.07, 6.45) is 0.695. The van der Waals surface area contributed by atoms with Crippen LogP contribution in [0.15, 0.2) is 18.2 Å². The van der Waals surface area contributed by atoms with Crippen LogP contribution in [-0.2, 0) is 0 Å². The van der Waals surface area contributed by atoms with Crippen LogP contribution < -0.4 is 15.8 Å². The number of halogens is 1. The van der Waals surface area contributed by atoms with Crippen LogP contribution in [-0.4, -0.2) is 31.4 Å². The quantitative estimate of drug-likeness (QED) is 0.707. The fourth-order valence-corrected chi connectivity index (χ4v) is 2.09. The van der Waals surface area contributed by atoms with E-state index in [0.29, 0.717) is 23.7 Å². The Labute approximate surface area is 113 Å². The van der Waals surface area contributed by atoms with Crippen molar-refractivity contribution in [2.24, 2.45) is 5.73 Å². The van der Waals surface area contributed by atoms with Gasteiger partial charge in [0.2, 0.25) is 0 Å². The summed E-state index contributed by atoms with van der Waals surface area (Å²) in [5.74, 6) is 0.652. The topological polar surface area (TPSA) is 67.5 Å². The molecule has 0 aliphatic heterocycles. The van der Waals surface area contributed by atoms with Gasteiger partial charge in [0.1, 0.15) is 5.75 Å². The van der Waals surface area contributed by atoms with E-state index < -0.39 is 0 Å². The second-order valence-corrected chi connectivity index (χ2v) is 4.67. The standard InChI is InChI=1S/C13H21ClN2O2/c1-9(5-6-17)16-12(8-15)10-3-4-13(18-2)11(14)7-10/h3-4,7,9,12,16-17H,5-6,8,15H2,1-2H3. The van der Waals surface area contributed by atoms with Crippen molar-refractivity contribution < 1.29 is 9.84 Å². The Bertz CT molecular complexity index is 374. The molecule has 0 saturated heterocycles. The third-order valence-electron chi connectivity index (χ3n) is 2.86. The number of nitrogens with one attached hydrogen (secondary N) is 1. The number of aliphatic hydroxyl groups excluding tert-OH is 1. The van der Waals surface area contributed by atoms with E-state index in [1.54, 1.807) is 7.11 Å². The van der Waals surface area contributed by atoms with Crippen molar-refractivity contribution in [2.45, 2.75) is 25.4 Å². The van der Waals surface area contributed by atoms with Gasteiger partial charge in [-0.25, -0.2) is 0 Å². The fourth-order valence-electron chi connectivity index (χ4n) is 1.82. The molecular weight excluding hydrogens is 252 g/mol. The minimum atomic E-state index is 0.0231. The van der Waals surface area contributed by atoms with Gasteiger partial charge >= 0.3 is 0 Å². The highest BCUT2D eigenvalue weighted by molar-refractivity contribution is 6.32. The van der Waals surface area contributed by atoms with Crippen molar-refractivity contribution in [3.63, 3.8) is 0 Å². The molecule has 1 aromatic rings. The van der Waals surface area contributed by atoms with E-state index in [9.17, 15) is 0 Å². The molecule has 2 unspecified atom stereocenters. The van der Waals surface area contributed by atoms with Crippen molar-refractivity contribution in [2.75, 3.05) is 20.3 Å². The number of methoxy groups -OCH3 is 1. The zero-order valence-corrected chi connectivity index (χ0v) is 11.6. The molecule has 2 atom stereocenters. The van der Waals surface area contributed by atoms with Crippen molar-refractivity contribution in [1.29, 1.82) is 0 Å². The first-order valence-electron chi connectivity index (χ1n) is 6.02. The lowest BCUT2D eigenvalue weighted by molar-refractivity contribution is 0.263. The predicted octanol–water partition coefficient (Wildman–Crippen LogP) is 1.71. The molecule has 0 aliphatic carbocycles. The van der Waals surface area contributed by atoms with Crippen molar-refractivity contribution in [3.05, 3.63) is 28.8 Å². The van der Waals surface area contributed by atoms with E-state index in [0.717, 1.165) is 5.56 Å². The minimum absolute atomic E-state index is 0.0231. The monoisotopic (exact) mass is 272 g/mol. The molecule has 0 aromatic heterocycles. The largest absolute Gasteiger partial charge is 0.495 e. The summed E-state index contributed by atoms with van der Waals surface area (Å²) >= 11 is 6.09. The Morgan fingerprint density at radius 1 is 1.50 bits per heavy atom. The highest BCUT2D eigenvalue weighted by Crippen LogP contribution is 2.27. The van der Waals surface area contributed by atoms with Crippen LogP contribution in [0.1, 0.15) is 24.9 Å². The second kappa shape index (κ2) is 7.59. The number of benzene rings is 1. The molecule has 0 amide bonds. The van der Waals surface area contributed by atoms with Crippen molar-refractivity contribution >= 4 is 11.6 Å². The number of nitrogens with two attached hydrogens (primary N) is 1. The van der Waals surface area contributed by atoms with Gasteiger partial charge in [-0.1, -0.05) is 17.7 Å². The average molecular weight is 273 g/mol. The minimum Gasteiger partial charge on any atom is -0.495 e. The third-order valence-corrected chi connectivity index (χ3v) is 3.16. The van der Waals surface area contributed by atoms with Crippen LogP contribution in [0, 0.1) is 0 Å². The van der Waals surface area contributed by atoms with Crippen molar-refractivity contribution in [3.8, 4) is 5.75 Å². The normalized spacial score (nSPS) is 14.3. The summed E-state index contributed by atoms with van der Waals surface area (Å²) in [5.41, 5.74) is 6.79. The third kappa shape index (κ3) is 4.14. The van der Waals surface area contributed by atoms with Gasteiger partial charge in [0.15, 0.2) is 0 Å². The van der Waals surface area contributed by atoms with Crippen LogP contribution >= 0.6 is 11.6 Å². The maximum Gasteiger partial charge on any atom is 0.137 e. The lowest BCUT2D eigenvalue weighted by Gasteiger charge is -2.22. The van der Waals surface area contributed by atoms with E-state index in [-0.39, 0.29) is 18.7 Å². The first-order chi connectivity index (χ1) is 8.62. The SMILES string of the molecule is COc1ccc(C(CN)NC(C)CCO)cc1Cl. The number of hydrogen-bond donors (Lipinski definition) is 3. The number of hydrogen-bond acceptors (Lipinski definition) is 4. The second-order valence-electron chi connectivity index (χ2n) is 4.26. The molecule has 5 heteroatoms. The van der Waals surface area contributed by atoms with Gasteiger partial charge in [0.05, 0.1) is 12.1 Å². The maximum atomic E-state index is 8.90. The van der Waals surface area contributed by atoms with Gasteiger partial charge in [0.25, 0.3) is 0 Å². The van der Waals surface area contributed by atoms with Crippen LogP contribution in [0.5, 0.6) is 5.75 Å². The molecule has 0 spiro atoms. The molecule has 0 radical (unpaired) electrons. The van der Waals surface area contributed by atoms with Crippen LogP contribution in [0.4, 0.5) is 0 Å². The van der Waals surface area contributed by atoms with Gasteiger partial charge in [-0.05, 0) is 31.0 Å². The Hall–Kier alpha value is -0.810. The first-order valence-corrected chi connectivity index (χ1v) is 6.40. The van der Waals surface area contributed by atoms with E-state index in [4.69, 9.17) is 27.2 Å². The zero-order valence-electron chi connectivity index (χ0n) is 10.8. The summed E-state index contributed by atoms with van der Waals surface area (Å²) < 4.78 is 5.12. The summed E-state index contributed by atoms with van der Waals surface area (Å²) in [7, 11) is 1.59. The number of aliphatic hydroxyl groups is 1. The average Bonchev–Trinajstić information content (AvgIpc) is 2.36.